The van der Waals surface area contributed by atoms with Crippen LogP contribution in [0.2, 0.25) is 0 Å². The van der Waals surface area contributed by atoms with Gasteiger partial charge >= 0.3 is 5.97 Å². The molecule has 0 aliphatic rings. The highest BCUT2D eigenvalue weighted by atomic mass is 79.9. The number of carbonyl (C=O) groups excluding carboxylic acids is 3. The van der Waals surface area contributed by atoms with E-state index < -0.39 is 24.5 Å². The number of nitrogens with one attached hydrogen (secondary N) is 2. The first-order valence-corrected chi connectivity index (χ1v) is 10.0. The van der Waals surface area contributed by atoms with E-state index in [1.54, 1.807) is 6.07 Å². The van der Waals surface area contributed by atoms with Gasteiger partial charge in [-0.05, 0) is 37.1 Å². The molecule has 1 heterocycles. The molecule has 0 saturated carbocycles. The van der Waals surface area contributed by atoms with Gasteiger partial charge < -0.3 is 10.1 Å². The van der Waals surface area contributed by atoms with Gasteiger partial charge in [0, 0.05) is 10.0 Å². The number of halogens is 1. The molecule has 8 heteroatoms. The van der Waals surface area contributed by atoms with Crippen LogP contribution in [0, 0.1) is 0 Å². The number of hydrogen-bond donors (Lipinski definition) is 2. The fourth-order valence-electron chi connectivity index (χ4n) is 2.79. The van der Waals surface area contributed by atoms with Crippen molar-refractivity contribution in [2.24, 2.45) is 0 Å². The molecule has 3 aromatic rings. The van der Waals surface area contributed by atoms with Gasteiger partial charge in [0.25, 0.3) is 5.91 Å². The van der Waals surface area contributed by atoms with Crippen LogP contribution >= 0.6 is 15.9 Å². The summed E-state index contributed by atoms with van der Waals surface area (Å²) in [5.74, 6) is -1.43. The van der Waals surface area contributed by atoms with E-state index in [0.717, 1.165) is 15.6 Å². The summed E-state index contributed by atoms with van der Waals surface area (Å²) in [4.78, 5) is 36.2. The third kappa shape index (κ3) is 5.87. The lowest BCUT2D eigenvalue weighted by Crippen LogP contribution is -2.43. The fraction of sp³-hybridized carbons (Fsp3) is 0.182. The molecule has 0 radical (unpaired) electrons. The van der Waals surface area contributed by atoms with E-state index in [9.17, 15) is 14.4 Å². The third-order valence-electron chi connectivity index (χ3n) is 4.38. The van der Waals surface area contributed by atoms with Gasteiger partial charge in [-0.3, -0.25) is 14.7 Å². The monoisotopic (exact) mass is 469 g/mol. The normalized spacial score (nSPS) is 11.5. The van der Waals surface area contributed by atoms with Crippen molar-refractivity contribution < 1.29 is 19.1 Å². The summed E-state index contributed by atoms with van der Waals surface area (Å²) in [6, 6.07) is 17.7. The Bertz CT molecular complexity index is 1030. The van der Waals surface area contributed by atoms with Crippen LogP contribution in [0.1, 0.15) is 23.0 Å². The summed E-state index contributed by atoms with van der Waals surface area (Å²) in [5.41, 5.74) is 2.47. The molecule has 30 heavy (non-hydrogen) atoms. The van der Waals surface area contributed by atoms with E-state index in [0.29, 0.717) is 12.1 Å². The molecule has 0 aliphatic heterocycles. The molecule has 1 unspecified atom stereocenters. The Balaban J connectivity index is 1.54. The predicted molar refractivity (Wildman–Crippen MR) is 115 cm³/mol. The minimum atomic E-state index is -0.705. The van der Waals surface area contributed by atoms with Crippen LogP contribution in [0.5, 0.6) is 0 Å². The molecule has 2 aromatic carbocycles. The maximum atomic E-state index is 12.2. The highest BCUT2D eigenvalue weighted by Crippen LogP contribution is 2.20. The molecule has 1 amide bonds. The quantitative estimate of drug-likeness (QED) is 0.492. The Morgan fingerprint density at radius 1 is 1.10 bits per heavy atom. The number of nitrogens with zero attached hydrogens (tertiary/aromatic N) is 1. The smallest absolute Gasteiger partial charge is 0.356 e. The van der Waals surface area contributed by atoms with Crippen molar-refractivity contribution in [3.05, 3.63) is 76.4 Å². The number of rotatable bonds is 8. The van der Waals surface area contributed by atoms with Gasteiger partial charge in [0.15, 0.2) is 12.4 Å². The molecule has 0 spiro atoms. The van der Waals surface area contributed by atoms with Crippen LogP contribution in [0.3, 0.4) is 0 Å². The number of aromatic amines is 1. The topological polar surface area (TPSA) is 101 Å². The van der Waals surface area contributed by atoms with Crippen molar-refractivity contribution in [3.63, 3.8) is 0 Å². The van der Waals surface area contributed by atoms with Crippen molar-refractivity contribution in [1.29, 1.82) is 0 Å². The third-order valence-corrected chi connectivity index (χ3v) is 4.91. The Labute approximate surface area is 182 Å². The highest BCUT2D eigenvalue weighted by Gasteiger charge is 2.19. The Morgan fingerprint density at radius 2 is 1.80 bits per heavy atom. The number of ketones is 1. The molecule has 0 saturated heterocycles. The average Bonchev–Trinajstić information content (AvgIpc) is 3.23. The van der Waals surface area contributed by atoms with Crippen molar-refractivity contribution in [2.75, 3.05) is 6.61 Å². The van der Waals surface area contributed by atoms with E-state index in [-0.39, 0.29) is 11.5 Å². The Morgan fingerprint density at radius 3 is 2.47 bits per heavy atom. The molecule has 154 valence electrons. The number of Topliss-reactive ketones (excluding diaryl/α,β-unsaturated/α-hetero) is 1. The molecule has 0 aliphatic carbocycles. The fourth-order valence-corrected chi connectivity index (χ4v) is 3.05. The Kier molecular flexibility index (Phi) is 7.13. The molecule has 3 rings (SSSR count). The maximum absolute atomic E-state index is 12.2. The molecule has 2 N–H and O–H groups in total. The lowest BCUT2D eigenvalue weighted by atomic mass is 10.0. The van der Waals surface area contributed by atoms with Crippen LogP contribution in [-0.2, 0) is 20.7 Å². The summed E-state index contributed by atoms with van der Waals surface area (Å²) >= 11 is 3.36. The van der Waals surface area contributed by atoms with E-state index in [1.807, 2.05) is 54.6 Å². The average molecular weight is 470 g/mol. The maximum Gasteiger partial charge on any atom is 0.356 e. The second-order valence-electron chi connectivity index (χ2n) is 6.67. The first-order valence-electron chi connectivity index (χ1n) is 9.24. The molecule has 7 nitrogen and oxygen atoms in total. The van der Waals surface area contributed by atoms with Gasteiger partial charge in [0.2, 0.25) is 0 Å². The van der Waals surface area contributed by atoms with E-state index in [2.05, 4.69) is 31.4 Å². The second-order valence-corrected chi connectivity index (χ2v) is 7.59. The van der Waals surface area contributed by atoms with Crippen molar-refractivity contribution in [1.82, 2.24) is 15.5 Å². The number of amides is 1. The van der Waals surface area contributed by atoms with E-state index >= 15 is 0 Å². The zero-order chi connectivity index (χ0) is 21.5. The zero-order valence-electron chi connectivity index (χ0n) is 16.2. The Hall–Kier alpha value is -3.26. The van der Waals surface area contributed by atoms with Crippen molar-refractivity contribution >= 4 is 33.6 Å². The van der Waals surface area contributed by atoms with Crippen LogP contribution in [0.15, 0.2) is 65.1 Å². The first kappa shape index (κ1) is 21.4. The minimum Gasteiger partial charge on any atom is -0.451 e. The van der Waals surface area contributed by atoms with Gasteiger partial charge in [-0.2, -0.15) is 5.10 Å². The lowest BCUT2D eigenvalue weighted by Gasteiger charge is -2.16. The lowest BCUT2D eigenvalue weighted by molar-refractivity contribution is -0.128. The van der Waals surface area contributed by atoms with E-state index in [4.69, 9.17) is 4.74 Å². The zero-order valence-corrected chi connectivity index (χ0v) is 17.8. The van der Waals surface area contributed by atoms with Crippen LogP contribution in [0.25, 0.3) is 11.3 Å². The van der Waals surface area contributed by atoms with Gasteiger partial charge in [0.05, 0.1) is 11.7 Å². The number of ether oxygens (including phenoxy) is 1. The first-order chi connectivity index (χ1) is 14.4. The van der Waals surface area contributed by atoms with Crippen molar-refractivity contribution in [2.45, 2.75) is 19.4 Å². The summed E-state index contributed by atoms with van der Waals surface area (Å²) in [6.45, 7) is 0.915. The summed E-state index contributed by atoms with van der Waals surface area (Å²) < 4.78 is 5.98. The molecule has 0 bridgehead atoms. The summed E-state index contributed by atoms with van der Waals surface area (Å²) in [7, 11) is 0. The van der Waals surface area contributed by atoms with Gasteiger partial charge in [-0.1, -0.05) is 58.4 Å². The van der Waals surface area contributed by atoms with Crippen LogP contribution in [0.4, 0.5) is 0 Å². The molecule has 1 aromatic heterocycles. The predicted octanol–water partition coefficient (Wildman–Crippen LogP) is 3.31. The SMILES string of the molecule is CC(=O)C(Cc1ccccc1)NC(=O)COC(=O)c1cc(-c2ccc(Br)cc2)n[nH]1. The molecule has 1 atom stereocenters. The van der Waals surface area contributed by atoms with Crippen LogP contribution in [-0.4, -0.2) is 40.5 Å². The number of esters is 1. The van der Waals surface area contributed by atoms with Crippen LogP contribution < -0.4 is 5.32 Å². The highest BCUT2D eigenvalue weighted by molar-refractivity contribution is 9.10. The van der Waals surface area contributed by atoms with Gasteiger partial charge in [-0.15, -0.1) is 0 Å². The molecular weight excluding hydrogens is 450 g/mol. The summed E-state index contributed by atoms with van der Waals surface area (Å²) in [6.07, 6.45) is 0.368. The number of H-pyrrole nitrogens is 1. The van der Waals surface area contributed by atoms with E-state index in [1.165, 1.54) is 6.92 Å². The van der Waals surface area contributed by atoms with Gasteiger partial charge in [-0.25, -0.2) is 4.79 Å². The molecule has 0 fully saturated rings. The minimum absolute atomic E-state index is 0.133. The number of carbonyl (C=O) groups is 3. The number of hydrogen-bond acceptors (Lipinski definition) is 5. The largest absolute Gasteiger partial charge is 0.451 e. The van der Waals surface area contributed by atoms with Crippen molar-refractivity contribution in [3.8, 4) is 11.3 Å². The van der Waals surface area contributed by atoms with Gasteiger partial charge in [0.1, 0.15) is 5.69 Å². The summed E-state index contributed by atoms with van der Waals surface area (Å²) in [5, 5.41) is 9.32. The number of benzene rings is 2. The standard InChI is InChI=1S/C22H20BrN3O4/c1-14(27)18(11-15-5-3-2-4-6-15)24-21(28)13-30-22(29)20-12-19(25-26-20)16-7-9-17(23)10-8-16/h2-10,12,18H,11,13H2,1H3,(H,24,28)(H,25,26). The second kappa shape index (κ2) is 9.98. The molecular formula is C22H20BrN3O4. The number of aromatic nitrogens is 2.